The number of nitrogens with zero attached hydrogens (tertiary/aromatic N) is 2. The highest BCUT2D eigenvalue weighted by Gasteiger charge is 2.49. The van der Waals surface area contributed by atoms with Crippen molar-refractivity contribution in [3.63, 3.8) is 0 Å². The molecule has 0 spiro atoms. The van der Waals surface area contributed by atoms with Crippen LogP contribution in [0.2, 0.25) is 5.02 Å². The maximum atomic E-state index is 13.8. The number of ketones is 1. The number of benzene rings is 3. The molecule has 0 radical (unpaired) electrons. The van der Waals surface area contributed by atoms with E-state index in [9.17, 15) is 19.1 Å². The van der Waals surface area contributed by atoms with Gasteiger partial charge in [-0.2, -0.15) is 0 Å². The molecule has 1 amide bonds. The summed E-state index contributed by atoms with van der Waals surface area (Å²) < 4.78 is 19.8. The number of aliphatic hydroxyl groups excluding tert-OH is 1. The Hall–Kier alpha value is -3.75. The molecule has 0 saturated carbocycles. The van der Waals surface area contributed by atoms with Crippen LogP contribution >= 0.6 is 22.9 Å². The third kappa shape index (κ3) is 3.61. The van der Waals surface area contributed by atoms with Crippen LogP contribution in [0.5, 0.6) is 5.75 Å². The minimum atomic E-state index is -1.02. The Bertz CT molecular complexity index is 1480. The number of halogens is 2. The molecular weight excluding hydrogens is 479 g/mol. The minimum absolute atomic E-state index is 0.109. The number of ether oxygens (including phenoxy) is 1. The van der Waals surface area contributed by atoms with Crippen LogP contribution in [-0.4, -0.2) is 28.9 Å². The maximum absolute atomic E-state index is 13.8. The van der Waals surface area contributed by atoms with Crippen LogP contribution < -0.4 is 9.64 Å². The number of carbonyl (C=O) groups is 2. The van der Waals surface area contributed by atoms with Gasteiger partial charge in [-0.05, 0) is 48.5 Å². The highest BCUT2D eigenvalue weighted by molar-refractivity contribution is 7.22. The van der Waals surface area contributed by atoms with Crippen molar-refractivity contribution in [1.29, 1.82) is 0 Å². The number of methoxy groups -OCH3 is 1. The molecule has 1 aliphatic rings. The van der Waals surface area contributed by atoms with Crippen LogP contribution in [0.4, 0.5) is 9.52 Å². The van der Waals surface area contributed by atoms with E-state index in [2.05, 4.69) is 4.98 Å². The highest BCUT2D eigenvalue weighted by atomic mass is 35.5. The SMILES string of the molecule is COc1ccccc1[C@@H]1C(=C(O)c2ccc(Cl)cc2)C(=O)C(=O)N1c1nc2ccc(F)cc2s1. The Labute approximate surface area is 202 Å². The first-order chi connectivity index (χ1) is 16.4. The number of hydrogen-bond acceptors (Lipinski definition) is 6. The first-order valence-corrected chi connectivity index (χ1v) is 11.3. The lowest BCUT2D eigenvalue weighted by molar-refractivity contribution is -0.132. The molecule has 1 fully saturated rings. The van der Waals surface area contributed by atoms with Gasteiger partial charge in [0.2, 0.25) is 0 Å². The van der Waals surface area contributed by atoms with Gasteiger partial charge in [-0.1, -0.05) is 41.1 Å². The number of rotatable bonds is 4. The second-order valence-corrected chi connectivity index (χ2v) is 8.97. The Morgan fingerprint density at radius 3 is 2.59 bits per heavy atom. The Kier molecular flexibility index (Phi) is 5.55. The summed E-state index contributed by atoms with van der Waals surface area (Å²) in [6.07, 6.45) is 0. The van der Waals surface area contributed by atoms with Gasteiger partial charge >= 0.3 is 5.91 Å². The van der Waals surface area contributed by atoms with E-state index in [4.69, 9.17) is 16.3 Å². The van der Waals surface area contributed by atoms with E-state index in [1.165, 1.54) is 30.2 Å². The highest BCUT2D eigenvalue weighted by Crippen LogP contribution is 2.46. The fourth-order valence-electron chi connectivity index (χ4n) is 3.97. The molecule has 0 bridgehead atoms. The molecule has 34 heavy (non-hydrogen) atoms. The van der Waals surface area contributed by atoms with Crippen molar-refractivity contribution in [1.82, 2.24) is 4.98 Å². The molecule has 1 aromatic heterocycles. The number of aromatic nitrogens is 1. The average molecular weight is 495 g/mol. The van der Waals surface area contributed by atoms with Crippen LogP contribution in [0.3, 0.4) is 0 Å². The zero-order valence-electron chi connectivity index (χ0n) is 17.7. The summed E-state index contributed by atoms with van der Waals surface area (Å²) >= 11 is 7.05. The predicted octanol–water partition coefficient (Wildman–Crippen LogP) is 5.72. The molecule has 9 heteroatoms. The number of hydrogen-bond donors (Lipinski definition) is 1. The number of fused-ring (bicyclic) bond motifs is 1. The largest absolute Gasteiger partial charge is 0.507 e. The van der Waals surface area contributed by atoms with E-state index in [1.54, 1.807) is 48.5 Å². The Morgan fingerprint density at radius 1 is 1.12 bits per heavy atom. The van der Waals surface area contributed by atoms with Gasteiger partial charge in [0, 0.05) is 16.1 Å². The fraction of sp³-hybridized carbons (Fsp3) is 0.0800. The summed E-state index contributed by atoms with van der Waals surface area (Å²) in [5.41, 5.74) is 1.20. The number of amides is 1. The van der Waals surface area contributed by atoms with Gasteiger partial charge in [-0.3, -0.25) is 14.5 Å². The Morgan fingerprint density at radius 2 is 1.85 bits per heavy atom. The van der Waals surface area contributed by atoms with Gasteiger partial charge < -0.3 is 9.84 Å². The number of para-hydroxylation sites is 1. The fourth-order valence-corrected chi connectivity index (χ4v) is 5.11. The van der Waals surface area contributed by atoms with Crippen LogP contribution in [-0.2, 0) is 9.59 Å². The van der Waals surface area contributed by atoms with Crippen LogP contribution in [0, 0.1) is 5.82 Å². The number of Topliss-reactive ketones (excluding diaryl/α,β-unsaturated/α-hetero) is 1. The quantitative estimate of drug-likeness (QED) is 0.223. The zero-order valence-corrected chi connectivity index (χ0v) is 19.2. The summed E-state index contributed by atoms with van der Waals surface area (Å²) in [4.78, 5) is 32.3. The molecule has 4 aromatic rings. The molecule has 0 aliphatic carbocycles. The number of thiazole rings is 1. The van der Waals surface area contributed by atoms with Crippen molar-refractivity contribution in [2.75, 3.05) is 12.0 Å². The predicted molar refractivity (Wildman–Crippen MR) is 129 cm³/mol. The van der Waals surface area contributed by atoms with E-state index < -0.39 is 23.5 Å². The molecular formula is C25H16ClFN2O4S. The number of aliphatic hydroxyl groups is 1. The zero-order chi connectivity index (χ0) is 24.0. The first kappa shape index (κ1) is 22.1. The normalized spacial score (nSPS) is 17.5. The van der Waals surface area contributed by atoms with Gasteiger partial charge in [0.15, 0.2) is 5.13 Å². The minimum Gasteiger partial charge on any atom is -0.507 e. The van der Waals surface area contributed by atoms with Gasteiger partial charge in [0.25, 0.3) is 5.78 Å². The van der Waals surface area contributed by atoms with Crippen molar-refractivity contribution >= 4 is 55.7 Å². The third-order valence-corrected chi connectivity index (χ3v) is 6.81. The first-order valence-electron chi connectivity index (χ1n) is 10.1. The number of anilines is 1. The van der Waals surface area contributed by atoms with Crippen molar-refractivity contribution in [2.45, 2.75) is 6.04 Å². The summed E-state index contributed by atoms with van der Waals surface area (Å²) in [5, 5.41) is 11.8. The van der Waals surface area contributed by atoms with E-state index in [1.807, 2.05) is 0 Å². The molecule has 170 valence electrons. The summed E-state index contributed by atoms with van der Waals surface area (Å²) in [7, 11) is 1.48. The summed E-state index contributed by atoms with van der Waals surface area (Å²) in [6.45, 7) is 0. The summed E-state index contributed by atoms with van der Waals surface area (Å²) in [6, 6.07) is 16.3. The average Bonchev–Trinajstić information content (AvgIpc) is 3.36. The van der Waals surface area contributed by atoms with Crippen LogP contribution in [0.15, 0.2) is 72.3 Å². The monoisotopic (exact) mass is 494 g/mol. The molecule has 1 saturated heterocycles. The standard InChI is InChI=1S/C25H16ClFN2O4S/c1-33-18-5-3-2-4-16(18)21-20(22(30)13-6-8-14(26)9-7-13)23(31)24(32)29(21)25-28-17-11-10-15(27)12-19(17)34-25/h2-12,21,30H,1H3/t21-/m1/s1. The second-order valence-electron chi connectivity index (χ2n) is 7.53. The van der Waals surface area contributed by atoms with Gasteiger partial charge in [-0.15, -0.1) is 0 Å². The molecule has 3 aromatic carbocycles. The summed E-state index contributed by atoms with van der Waals surface area (Å²) in [5.74, 6) is -2.08. The van der Waals surface area contributed by atoms with Crippen molar-refractivity contribution in [3.05, 3.63) is 94.3 Å². The van der Waals surface area contributed by atoms with Gasteiger partial charge in [0.05, 0.1) is 22.9 Å². The van der Waals surface area contributed by atoms with Crippen LogP contribution in [0.1, 0.15) is 17.2 Å². The van der Waals surface area contributed by atoms with E-state index in [-0.39, 0.29) is 16.5 Å². The lowest BCUT2D eigenvalue weighted by Gasteiger charge is -2.24. The van der Waals surface area contributed by atoms with Crippen LogP contribution in [0.25, 0.3) is 16.0 Å². The second kappa shape index (κ2) is 8.55. The molecule has 5 rings (SSSR count). The van der Waals surface area contributed by atoms with Crippen molar-refractivity contribution in [2.24, 2.45) is 0 Å². The van der Waals surface area contributed by atoms with E-state index >= 15 is 0 Å². The third-order valence-electron chi connectivity index (χ3n) is 5.54. The van der Waals surface area contributed by atoms with Crippen molar-refractivity contribution in [3.8, 4) is 5.75 Å². The lowest BCUT2D eigenvalue weighted by Crippen LogP contribution is -2.29. The van der Waals surface area contributed by atoms with Gasteiger partial charge in [-0.25, -0.2) is 9.37 Å². The van der Waals surface area contributed by atoms with Crippen molar-refractivity contribution < 1.29 is 23.8 Å². The molecule has 6 nitrogen and oxygen atoms in total. The molecule has 1 aliphatic heterocycles. The van der Waals surface area contributed by atoms with E-state index in [0.29, 0.717) is 32.1 Å². The molecule has 1 atom stereocenters. The Balaban J connectivity index is 1.76. The smallest absolute Gasteiger partial charge is 0.301 e. The molecule has 2 heterocycles. The maximum Gasteiger partial charge on any atom is 0.301 e. The molecule has 1 N–H and O–H groups in total. The lowest BCUT2D eigenvalue weighted by atomic mass is 9.95. The van der Waals surface area contributed by atoms with Gasteiger partial charge in [0.1, 0.15) is 23.4 Å². The molecule has 0 unspecified atom stereocenters. The van der Waals surface area contributed by atoms with E-state index in [0.717, 1.165) is 11.3 Å². The number of carbonyl (C=O) groups excluding carboxylic acids is 2. The topological polar surface area (TPSA) is 79.7 Å².